The fourth-order valence-electron chi connectivity index (χ4n) is 3.35. The minimum atomic E-state index is 0.521. The van der Waals surface area contributed by atoms with Gasteiger partial charge in [0, 0.05) is 23.0 Å². The summed E-state index contributed by atoms with van der Waals surface area (Å²) in [7, 11) is 0. The highest BCUT2D eigenvalue weighted by atomic mass is 32.1. The Balaban J connectivity index is 1.55. The maximum absolute atomic E-state index is 3.82. The van der Waals surface area contributed by atoms with Crippen LogP contribution in [0.4, 0.5) is 0 Å². The van der Waals surface area contributed by atoms with Crippen LogP contribution in [0.5, 0.6) is 0 Å². The molecule has 2 aliphatic heterocycles. The van der Waals surface area contributed by atoms with Crippen LogP contribution in [0.3, 0.4) is 0 Å². The highest BCUT2D eigenvalue weighted by Crippen LogP contribution is 2.28. The zero-order valence-electron chi connectivity index (χ0n) is 10.6. The van der Waals surface area contributed by atoms with Gasteiger partial charge in [-0.3, -0.25) is 0 Å². The van der Waals surface area contributed by atoms with Crippen LogP contribution >= 0.6 is 11.3 Å². The van der Waals surface area contributed by atoms with Gasteiger partial charge in [-0.25, -0.2) is 0 Å². The second-order valence-corrected chi connectivity index (χ2v) is 6.44. The molecule has 2 fully saturated rings. The molecule has 1 aromatic heterocycles. The van der Waals surface area contributed by atoms with Gasteiger partial charge in [-0.2, -0.15) is 0 Å². The summed E-state index contributed by atoms with van der Waals surface area (Å²) in [6, 6.07) is 6.52. The Kier molecular flexibility index (Phi) is 3.50. The topological polar surface area (TPSA) is 15.3 Å². The summed E-state index contributed by atoms with van der Waals surface area (Å²) in [4.78, 5) is 4.16. The van der Waals surface area contributed by atoms with Gasteiger partial charge >= 0.3 is 0 Å². The third kappa shape index (κ3) is 2.56. The summed E-state index contributed by atoms with van der Waals surface area (Å²) in [5, 5.41) is 5.99. The summed E-state index contributed by atoms with van der Waals surface area (Å²) in [5.74, 6) is 0. The number of fused-ring (bicyclic) bond motifs is 1. The average molecular weight is 250 g/mol. The highest BCUT2D eigenvalue weighted by molar-refractivity contribution is 7.10. The van der Waals surface area contributed by atoms with Gasteiger partial charge in [0.15, 0.2) is 0 Å². The predicted molar refractivity (Wildman–Crippen MR) is 73.5 cm³/mol. The van der Waals surface area contributed by atoms with Crippen LogP contribution < -0.4 is 5.32 Å². The molecule has 1 aromatic rings. The Bertz CT molecular complexity index is 349. The van der Waals surface area contributed by atoms with Crippen molar-refractivity contribution in [3.63, 3.8) is 0 Å². The third-order valence-electron chi connectivity index (χ3n) is 4.28. The average Bonchev–Trinajstić information content (AvgIpc) is 2.99. The Morgan fingerprint density at radius 3 is 3.18 bits per heavy atom. The Hall–Kier alpha value is -0.380. The first-order chi connectivity index (χ1) is 8.33. The van der Waals surface area contributed by atoms with Crippen molar-refractivity contribution in [1.29, 1.82) is 0 Å². The number of hydrogen-bond acceptors (Lipinski definition) is 3. The van der Waals surface area contributed by atoms with Gasteiger partial charge in [-0.05, 0) is 57.1 Å². The molecule has 3 atom stereocenters. The molecular weight excluding hydrogens is 228 g/mol. The summed E-state index contributed by atoms with van der Waals surface area (Å²) in [5.41, 5.74) is 0. The molecule has 2 unspecified atom stereocenters. The van der Waals surface area contributed by atoms with Crippen molar-refractivity contribution >= 4 is 11.3 Å². The van der Waals surface area contributed by atoms with Crippen molar-refractivity contribution < 1.29 is 0 Å². The van der Waals surface area contributed by atoms with Crippen molar-refractivity contribution in [1.82, 2.24) is 10.2 Å². The van der Waals surface area contributed by atoms with E-state index < -0.39 is 0 Å². The second-order valence-electron chi connectivity index (χ2n) is 5.46. The molecule has 2 nitrogen and oxygen atoms in total. The number of rotatable bonds is 3. The van der Waals surface area contributed by atoms with Crippen molar-refractivity contribution in [3.05, 3.63) is 22.4 Å². The minimum absolute atomic E-state index is 0.521. The van der Waals surface area contributed by atoms with Gasteiger partial charge in [0.2, 0.25) is 0 Å². The molecule has 2 saturated heterocycles. The number of thiophene rings is 1. The van der Waals surface area contributed by atoms with E-state index in [1.165, 1.54) is 43.6 Å². The summed E-state index contributed by atoms with van der Waals surface area (Å²) in [6.45, 7) is 4.95. The van der Waals surface area contributed by atoms with Gasteiger partial charge < -0.3 is 10.2 Å². The lowest BCUT2D eigenvalue weighted by Crippen LogP contribution is -2.46. The maximum atomic E-state index is 3.82. The quantitative estimate of drug-likeness (QED) is 0.887. The van der Waals surface area contributed by atoms with Crippen molar-refractivity contribution in [2.45, 2.75) is 50.7 Å². The largest absolute Gasteiger partial charge is 0.307 e. The molecule has 3 heteroatoms. The molecule has 0 bridgehead atoms. The van der Waals surface area contributed by atoms with E-state index in [2.05, 4.69) is 34.7 Å². The monoisotopic (exact) mass is 250 g/mol. The van der Waals surface area contributed by atoms with E-state index in [-0.39, 0.29) is 0 Å². The van der Waals surface area contributed by atoms with Crippen LogP contribution in [-0.4, -0.2) is 30.1 Å². The van der Waals surface area contributed by atoms with E-state index >= 15 is 0 Å². The number of piperidine rings is 1. The van der Waals surface area contributed by atoms with Crippen LogP contribution in [0.2, 0.25) is 0 Å². The van der Waals surface area contributed by atoms with Crippen LogP contribution in [-0.2, 0) is 0 Å². The van der Waals surface area contributed by atoms with Crippen molar-refractivity contribution in [3.8, 4) is 0 Å². The van der Waals surface area contributed by atoms with Gasteiger partial charge in [0.25, 0.3) is 0 Å². The molecule has 2 aliphatic rings. The number of nitrogens with one attached hydrogen (secondary N) is 1. The third-order valence-corrected chi connectivity index (χ3v) is 5.33. The van der Waals surface area contributed by atoms with E-state index in [9.17, 15) is 0 Å². The molecule has 1 N–H and O–H groups in total. The molecule has 17 heavy (non-hydrogen) atoms. The van der Waals surface area contributed by atoms with E-state index in [0.29, 0.717) is 6.04 Å². The zero-order valence-corrected chi connectivity index (χ0v) is 11.4. The maximum Gasteiger partial charge on any atom is 0.0388 e. The van der Waals surface area contributed by atoms with Crippen molar-refractivity contribution in [2.24, 2.45) is 0 Å². The van der Waals surface area contributed by atoms with Crippen LogP contribution in [0, 0.1) is 0 Å². The molecule has 0 aromatic carbocycles. The predicted octanol–water partition coefficient (Wildman–Crippen LogP) is 3.03. The summed E-state index contributed by atoms with van der Waals surface area (Å²) in [6.07, 6.45) is 5.52. The van der Waals surface area contributed by atoms with Crippen LogP contribution in [0.15, 0.2) is 17.5 Å². The minimum Gasteiger partial charge on any atom is -0.307 e. The fraction of sp³-hybridized carbons (Fsp3) is 0.714. The summed E-state index contributed by atoms with van der Waals surface area (Å²) < 4.78 is 0. The lowest BCUT2D eigenvalue weighted by molar-refractivity contribution is 0.162. The van der Waals surface area contributed by atoms with Gasteiger partial charge in [0.05, 0.1) is 0 Å². The lowest BCUT2D eigenvalue weighted by atomic mass is 9.97. The smallest absolute Gasteiger partial charge is 0.0388 e. The first-order valence-corrected chi connectivity index (χ1v) is 7.74. The first-order valence-electron chi connectivity index (χ1n) is 6.86. The van der Waals surface area contributed by atoms with E-state index in [4.69, 9.17) is 0 Å². The second kappa shape index (κ2) is 5.09. The SMILES string of the molecule is C[C@H](NC1CCN2CCCC2C1)c1cccs1. The standard InChI is InChI=1S/C14H22N2S/c1-11(14-5-3-9-17-14)15-12-6-8-16-7-2-4-13(16)10-12/h3,5,9,11-13,15H,2,4,6-8,10H2,1H3/t11-,12?,13?/m0/s1. The molecule has 0 saturated carbocycles. The Labute approximate surface area is 108 Å². The molecule has 0 spiro atoms. The molecule has 0 amide bonds. The van der Waals surface area contributed by atoms with Crippen LogP contribution in [0.1, 0.15) is 43.5 Å². The van der Waals surface area contributed by atoms with Crippen LogP contribution in [0.25, 0.3) is 0 Å². The Morgan fingerprint density at radius 1 is 1.41 bits per heavy atom. The van der Waals surface area contributed by atoms with E-state index in [1.807, 2.05) is 11.3 Å². The lowest BCUT2D eigenvalue weighted by Gasteiger charge is -2.36. The Morgan fingerprint density at radius 2 is 2.35 bits per heavy atom. The molecule has 3 rings (SSSR count). The number of nitrogens with zero attached hydrogens (tertiary/aromatic N) is 1. The highest BCUT2D eigenvalue weighted by Gasteiger charge is 2.31. The molecule has 0 aliphatic carbocycles. The molecule has 0 radical (unpaired) electrons. The number of hydrogen-bond donors (Lipinski definition) is 1. The van der Waals surface area contributed by atoms with E-state index in [0.717, 1.165) is 12.1 Å². The zero-order chi connectivity index (χ0) is 11.7. The normalized spacial score (nSPS) is 31.4. The van der Waals surface area contributed by atoms with Gasteiger partial charge in [-0.15, -0.1) is 11.3 Å². The molecular formula is C14H22N2S. The summed E-state index contributed by atoms with van der Waals surface area (Å²) >= 11 is 1.87. The van der Waals surface area contributed by atoms with Gasteiger partial charge in [-0.1, -0.05) is 6.07 Å². The van der Waals surface area contributed by atoms with Gasteiger partial charge in [0.1, 0.15) is 0 Å². The molecule has 3 heterocycles. The fourth-order valence-corrected chi connectivity index (χ4v) is 4.09. The van der Waals surface area contributed by atoms with E-state index in [1.54, 1.807) is 0 Å². The van der Waals surface area contributed by atoms with Crippen molar-refractivity contribution in [2.75, 3.05) is 13.1 Å². The first kappa shape index (κ1) is 11.7. The molecule has 94 valence electrons.